The number of anilines is 1. The first kappa shape index (κ1) is 12.6. The summed E-state index contributed by atoms with van der Waals surface area (Å²) < 4.78 is 0. The van der Waals surface area contributed by atoms with Crippen LogP contribution in [0, 0.1) is 0 Å². The highest BCUT2D eigenvalue weighted by Crippen LogP contribution is 2.12. The quantitative estimate of drug-likeness (QED) is 0.824. The zero-order valence-electron chi connectivity index (χ0n) is 10.9. The summed E-state index contributed by atoms with van der Waals surface area (Å²) in [5, 5.41) is 3.40. The average Bonchev–Trinajstić information content (AvgIpc) is 2.45. The second-order valence-corrected chi connectivity index (χ2v) is 4.52. The van der Waals surface area contributed by atoms with E-state index < -0.39 is 0 Å². The Bertz CT molecular complexity index is 448. The Labute approximate surface area is 109 Å². The summed E-state index contributed by atoms with van der Waals surface area (Å²) in [5.74, 6) is 0. The van der Waals surface area contributed by atoms with Crippen molar-refractivity contribution in [3.63, 3.8) is 0 Å². The maximum atomic E-state index is 4.10. The molecule has 1 heterocycles. The van der Waals surface area contributed by atoms with Crippen LogP contribution < -0.4 is 5.32 Å². The molecule has 0 fully saturated rings. The third-order valence-corrected chi connectivity index (χ3v) is 2.99. The minimum absolute atomic E-state index is 0.822. The van der Waals surface area contributed by atoms with E-state index in [2.05, 4.69) is 47.6 Å². The molecule has 0 aliphatic rings. The van der Waals surface area contributed by atoms with Gasteiger partial charge in [0.15, 0.2) is 0 Å². The van der Waals surface area contributed by atoms with Gasteiger partial charge in [-0.25, -0.2) is 0 Å². The standard InChI is InChI=1S/C16H20N2/c1-2-3-5-14-7-9-16(10-8-14)18-13-15-6-4-11-17-12-15/h4,6-12,18H,2-3,5,13H2,1H3. The van der Waals surface area contributed by atoms with Gasteiger partial charge < -0.3 is 5.32 Å². The van der Waals surface area contributed by atoms with E-state index in [1.165, 1.54) is 36.1 Å². The van der Waals surface area contributed by atoms with Crippen LogP contribution in [0.3, 0.4) is 0 Å². The van der Waals surface area contributed by atoms with Gasteiger partial charge in [0.05, 0.1) is 0 Å². The third kappa shape index (κ3) is 3.88. The molecule has 18 heavy (non-hydrogen) atoms. The normalized spacial score (nSPS) is 10.3. The van der Waals surface area contributed by atoms with Crippen molar-refractivity contribution in [2.75, 3.05) is 5.32 Å². The molecular formula is C16H20N2. The summed E-state index contributed by atoms with van der Waals surface area (Å²) in [6.07, 6.45) is 7.39. The molecular weight excluding hydrogens is 220 g/mol. The molecule has 0 saturated heterocycles. The minimum Gasteiger partial charge on any atom is -0.381 e. The zero-order chi connectivity index (χ0) is 12.6. The number of rotatable bonds is 6. The molecule has 0 saturated carbocycles. The van der Waals surface area contributed by atoms with E-state index in [9.17, 15) is 0 Å². The number of nitrogens with one attached hydrogen (secondary N) is 1. The highest BCUT2D eigenvalue weighted by molar-refractivity contribution is 5.45. The molecule has 0 spiro atoms. The molecule has 0 atom stereocenters. The molecule has 2 aromatic rings. The van der Waals surface area contributed by atoms with Crippen molar-refractivity contribution in [2.45, 2.75) is 32.7 Å². The first-order valence-corrected chi connectivity index (χ1v) is 6.60. The van der Waals surface area contributed by atoms with Gasteiger partial charge >= 0.3 is 0 Å². The Morgan fingerprint density at radius 2 is 1.89 bits per heavy atom. The lowest BCUT2D eigenvalue weighted by atomic mass is 10.1. The van der Waals surface area contributed by atoms with Crippen LogP contribution in [0.2, 0.25) is 0 Å². The van der Waals surface area contributed by atoms with Gasteiger partial charge in [-0.15, -0.1) is 0 Å². The number of unbranched alkanes of at least 4 members (excludes halogenated alkanes) is 1. The third-order valence-electron chi connectivity index (χ3n) is 2.99. The lowest BCUT2D eigenvalue weighted by molar-refractivity contribution is 0.795. The van der Waals surface area contributed by atoms with Crippen LogP contribution in [0.5, 0.6) is 0 Å². The van der Waals surface area contributed by atoms with Crippen molar-refractivity contribution in [3.8, 4) is 0 Å². The highest BCUT2D eigenvalue weighted by Gasteiger charge is 1.95. The van der Waals surface area contributed by atoms with Gasteiger partial charge in [0.1, 0.15) is 0 Å². The van der Waals surface area contributed by atoms with Gasteiger partial charge in [-0.3, -0.25) is 4.98 Å². The maximum Gasteiger partial charge on any atom is 0.0416 e. The van der Waals surface area contributed by atoms with Crippen molar-refractivity contribution >= 4 is 5.69 Å². The number of nitrogens with zero attached hydrogens (tertiary/aromatic N) is 1. The average molecular weight is 240 g/mol. The van der Waals surface area contributed by atoms with Gasteiger partial charge in [0.2, 0.25) is 0 Å². The lowest BCUT2D eigenvalue weighted by Crippen LogP contribution is -1.99. The van der Waals surface area contributed by atoms with E-state index in [0.29, 0.717) is 0 Å². The van der Waals surface area contributed by atoms with Crippen molar-refractivity contribution in [2.24, 2.45) is 0 Å². The number of hydrogen-bond donors (Lipinski definition) is 1. The van der Waals surface area contributed by atoms with Crippen LogP contribution >= 0.6 is 0 Å². The van der Waals surface area contributed by atoms with Gasteiger partial charge in [0.25, 0.3) is 0 Å². The molecule has 0 aliphatic carbocycles. The second kappa shape index (κ2) is 6.80. The van der Waals surface area contributed by atoms with E-state index in [0.717, 1.165) is 6.54 Å². The molecule has 0 aliphatic heterocycles. The summed E-state index contributed by atoms with van der Waals surface area (Å²) in [7, 11) is 0. The molecule has 1 aromatic carbocycles. The SMILES string of the molecule is CCCCc1ccc(NCc2cccnc2)cc1. The van der Waals surface area contributed by atoms with E-state index in [-0.39, 0.29) is 0 Å². The van der Waals surface area contributed by atoms with E-state index in [1.807, 2.05) is 12.3 Å². The second-order valence-electron chi connectivity index (χ2n) is 4.52. The summed E-state index contributed by atoms with van der Waals surface area (Å²) in [6.45, 7) is 3.05. The molecule has 0 bridgehead atoms. The Morgan fingerprint density at radius 1 is 1.06 bits per heavy atom. The number of pyridine rings is 1. The lowest BCUT2D eigenvalue weighted by Gasteiger charge is -2.07. The van der Waals surface area contributed by atoms with Crippen molar-refractivity contribution in [3.05, 3.63) is 59.9 Å². The fourth-order valence-electron chi connectivity index (χ4n) is 1.88. The molecule has 1 N–H and O–H groups in total. The Kier molecular flexibility index (Phi) is 4.77. The molecule has 1 aromatic heterocycles. The number of hydrogen-bond acceptors (Lipinski definition) is 2. The molecule has 2 rings (SSSR count). The first-order valence-electron chi connectivity index (χ1n) is 6.60. The molecule has 0 radical (unpaired) electrons. The van der Waals surface area contributed by atoms with Crippen LogP contribution in [0.4, 0.5) is 5.69 Å². The summed E-state index contributed by atoms with van der Waals surface area (Å²) in [4.78, 5) is 4.10. The van der Waals surface area contributed by atoms with Crippen LogP contribution in [-0.4, -0.2) is 4.98 Å². The number of aromatic nitrogens is 1. The topological polar surface area (TPSA) is 24.9 Å². The largest absolute Gasteiger partial charge is 0.381 e. The van der Waals surface area contributed by atoms with Crippen LogP contribution in [0.1, 0.15) is 30.9 Å². The highest BCUT2D eigenvalue weighted by atomic mass is 14.9. The Hall–Kier alpha value is -1.83. The Morgan fingerprint density at radius 3 is 2.56 bits per heavy atom. The minimum atomic E-state index is 0.822. The van der Waals surface area contributed by atoms with Gasteiger partial charge in [-0.2, -0.15) is 0 Å². The molecule has 0 amide bonds. The van der Waals surface area contributed by atoms with Gasteiger partial charge in [0, 0.05) is 24.6 Å². The fourth-order valence-corrected chi connectivity index (χ4v) is 1.88. The van der Waals surface area contributed by atoms with Gasteiger partial charge in [-0.05, 0) is 42.2 Å². The van der Waals surface area contributed by atoms with Crippen molar-refractivity contribution in [1.82, 2.24) is 4.98 Å². The summed E-state index contributed by atoms with van der Waals surface area (Å²) >= 11 is 0. The smallest absolute Gasteiger partial charge is 0.0416 e. The monoisotopic (exact) mass is 240 g/mol. The van der Waals surface area contributed by atoms with Crippen LogP contribution in [0.15, 0.2) is 48.8 Å². The molecule has 2 nitrogen and oxygen atoms in total. The maximum absolute atomic E-state index is 4.10. The predicted octanol–water partition coefficient (Wildman–Crippen LogP) is 4.04. The van der Waals surface area contributed by atoms with Crippen LogP contribution in [0.25, 0.3) is 0 Å². The van der Waals surface area contributed by atoms with E-state index >= 15 is 0 Å². The zero-order valence-corrected chi connectivity index (χ0v) is 10.9. The summed E-state index contributed by atoms with van der Waals surface area (Å²) in [6, 6.07) is 12.8. The molecule has 94 valence electrons. The first-order chi connectivity index (χ1) is 8.88. The molecule has 2 heteroatoms. The predicted molar refractivity (Wildman–Crippen MR) is 76.6 cm³/mol. The van der Waals surface area contributed by atoms with Crippen molar-refractivity contribution < 1.29 is 0 Å². The Balaban J connectivity index is 1.86. The van der Waals surface area contributed by atoms with Crippen LogP contribution in [-0.2, 0) is 13.0 Å². The van der Waals surface area contributed by atoms with Crippen molar-refractivity contribution in [1.29, 1.82) is 0 Å². The number of benzene rings is 1. The fraction of sp³-hybridized carbons (Fsp3) is 0.312. The number of aryl methyl sites for hydroxylation is 1. The van der Waals surface area contributed by atoms with E-state index in [4.69, 9.17) is 0 Å². The molecule has 0 unspecified atom stereocenters. The van der Waals surface area contributed by atoms with Gasteiger partial charge in [-0.1, -0.05) is 31.5 Å². The van der Waals surface area contributed by atoms with E-state index in [1.54, 1.807) is 6.20 Å². The summed E-state index contributed by atoms with van der Waals surface area (Å²) in [5.41, 5.74) is 3.79.